The Balaban J connectivity index is 3.31. The number of aliphatic hydroxyl groups is 1. The minimum absolute atomic E-state index is 0.170. The summed E-state index contributed by atoms with van der Waals surface area (Å²) in [6.45, 7) is 5.23. The third-order valence-corrected chi connectivity index (χ3v) is 6.84. The Hall–Kier alpha value is -0.870. The lowest BCUT2D eigenvalue weighted by Crippen LogP contribution is -2.27. The molecule has 0 aliphatic heterocycles. The number of rotatable bonds is 29. The lowest BCUT2D eigenvalue weighted by atomic mass is 10.1. The molecule has 0 saturated heterocycles. The molecule has 1 unspecified atom stereocenters. The number of carbonyl (C=O) groups excluding carboxylic acids is 1. The van der Waals surface area contributed by atoms with E-state index in [0.717, 1.165) is 32.1 Å². The predicted octanol–water partition coefficient (Wildman–Crippen LogP) is 9.48. The number of hydrogen-bond donors (Lipinski definition) is 1. The summed E-state index contributed by atoms with van der Waals surface area (Å²) < 4.78 is 10.9. The van der Waals surface area contributed by atoms with Gasteiger partial charge in [-0.1, -0.05) is 129 Å². The smallest absolute Gasteiger partial charge is 0.306 e. The van der Waals surface area contributed by atoms with Crippen LogP contribution < -0.4 is 0 Å². The molecule has 0 fully saturated rings. The number of ether oxygens (including phenoxy) is 2. The average molecular weight is 511 g/mol. The first-order valence-corrected chi connectivity index (χ1v) is 15.8. The van der Waals surface area contributed by atoms with Gasteiger partial charge in [-0.05, 0) is 38.5 Å². The molecule has 0 heterocycles. The van der Waals surface area contributed by atoms with E-state index in [1.54, 1.807) is 0 Å². The molecular weight excluding hydrogens is 448 g/mol. The van der Waals surface area contributed by atoms with Gasteiger partial charge in [0.2, 0.25) is 0 Å². The average Bonchev–Trinajstić information content (AvgIpc) is 2.88. The van der Waals surface area contributed by atoms with Gasteiger partial charge < -0.3 is 14.6 Å². The van der Waals surface area contributed by atoms with Crippen LogP contribution in [0, 0.1) is 0 Å². The van der Waals surface area contributed by atoms with Crippen LogP contribution in [0.15, 0.2) is 12.2 Å². The third kappa shape index (κ3) is 27.7. The highest BCUT2D eigenvalue weighted by atomic mass is 16.6. The summed E-state index contributed by atoms with van der Waals surface area (Å²) >= 11 is 0. The normalized spacial score (nSPS) is 12.4. The zero-order valence-corrected chi connectivity index (χ0v) is 24.3. The molecule has 0 aromatic carbocycles. The lowest BCUT2D eigenvalue weighted by Gasteiger charge is -2.15. The zero-order valence-electron chi connectivity index (χ0n) is 24.3. The van der Waals surface area contributed by atoms with E-state index < -0.39 is 6.10 Å². The van der Waals surface area contributed by atoms with E-state index in [-0.39, 0.29) is 12.6 Å². The van der Waals surface area contributed by atoms with Gasteiger partial charge in [-0.3, -0.25) is 4.79 Å². The number of unbranched alkanes of at least 4 members (excludes halogenated alkanes) is 19. The SMILES string of the molecule is CCCCCCCC/C=C\CCCCCCCCCCCCOCC(CO)OC(=O)CCCCCC. The lowest BCUT2D eigenvalue weighted by molar-refractivity contribution is -0.154. The fourth-order valence-corrected chi connectivity index (χ4v) is 4.44. The maximum Gasteiger partial charge on any atom is 0.306 e. The van der Waals surface area contributed by atoms with Gasteiger partial charge in [0.25, 0.3) is 0 Å². The summed E-state index contributed by atoms with van der Waals surface area (Å²) in [5, 5.41) is 9.40. The monoisotopic (exact) mass is 510 g/mol. The molecule has 0 amide bonds. The minimum atomic E-state index is -0.523. The summed E-state index contributed by atoms with van der Waals surface area (Å²) in [5.74, 6) is -0.218. The second kappa shape index (κ2) is 30.4. The Morgan fingerprint density at radius 2 is 1.08 bits per heavy atom. The molecule has 0 aromatic rings. The van der Waals surface area contributed by atoms with Crippen molar-refractivity contribution in [1.82, 2.24) is 0 Å². The molecule has 0 aromatic heterocycles. The molecule has 1 N–H and O–H groups in total. The first-order chi connectivity index (χ1) is 17.7. The fourth-order valence-electron chi connectivity index (χ4n) is 4.44. The standard InChI is InChI=1S/C32H62O4/c1-3-5-7-9-10-11-12-13-14-15-16-17-18-19-20-21-22-23-24-26-28-35-30-31(29-33)36-32(34)27-25-8-6-4-2/h13-14,31,33H,3-12,15-30H2,1-2H3/b14-13-. The quantitative estimate of drug-likeness (QED) is 0.0618. The van der Waals surface area contributed by atoms with Crippen LogP contribution in [0.3, 0.4) is 0 Å². The van der Waals surface area contributed by atoms with Crippen molar-refractivity contribution in [3.8, 4) is 0 Å². The highest BCUT2D eigenvalue weighted by molar-refractivity contribution is 5.69. The van der Waals surface area contributed by atoms with Gasteiger partial charge in [-0.25, -0.2) is 0 Å². The fraction of sp³-hybridized carbons (Fsp3) is 0.906. The number of aliphatic hydroxyl groups excluding tert-OH is 1. The van der Waals surface area contributed by atoms with Gasteiger partial charge in [0.1, 0.15) is 6.10 Å². The number of hydrogen-bond acceptors (Lipinski definition) is 4. The van der Waals surface area contributed by atoms with Crippen LogP contribution in [-0.4, -0.2) is 37.0 Å². The molecule has 0 radical (unpaired) electrons. The molecule has 0 saturated carbocycles. The van der Waals surface area contributed by atoms with E-state index in [9.17, 15) is 9.90 Å². The van der Waals surface area contributed by atoms with E-state index in [2.05, 4.69) is 26.0 Å². The van der Waals surface area contributed by atoms with Crippen LogP contribution in [0.5, 0.6) is 0 Å². The molecule has 214 valence electrons. The second-order valence-electron chi connectivity index (χ2n) is 10.5. The number of carbonyl (C=O) groups is 1. The van der Waals surface area contributed by atoms with Crippen LogP contribution in [0.4, 0.5) is 0 Å². The zero-order chi connectivity index (χ0) is 26.4. The summed E-state index contributed by atoms with van der Waals surface area (Å²) in [4.78, 5) is 11.8. The van der Waals surface area contributed by atoms with Crippen molar-refractivity contribution in [2.75, 3.05) is 19.8 Å². The van der Waals surface area contributed by atoms with Crippen molar-refractivity contribution in [3.05, 3.63) is 12.2 Å². The Labute approximate surface area is 225 Å². The third-order valence-electron chi connectivity index (χ3n) is 6.84. The van der Waals surface area contributed by atoms with Crippen LogP contribution >= 0.6 is 0 Å². The first kappa shape index (κ1) is 35.1. The van der Waals surface area contributed by atoms with Crippen LogP contribution in [0.1, 0.15) is 162 Å². The molecule has 0 aliphatic carbocycles. The Morgan fingerprint density at radius 3 is 1.58 bits per heavy atom. The van der Waals surface area contributed by atoms with E-state index in [1.165, 1.54) is 109 Å². The second-order valence-corrected chi connectivity index (χ2v) is 10.5. The topological polar surface area (TPSA) is 55.8 Å². The largest absolute Gasteiger partial charge is 0.457 e. The van der Waals surface area contributed by atoms with Crippen LogP contribution in [0.2, 0.25) is 0 Å². The van der Waals surface area contributed by atoms with Crippen molar-refractivity contribution in [2.24, 2.45) is 0 Å². The van der Waals surface area contributed by atoms with Crippen LogP contribution in [0.25, 0.3) is 0 Å². The van der Waals surface area contributed by atoms with Gasteiger partial charge in [0.15, 0.2) is 0 Å². The Kier molecular flexibility index (Phi) is 29.6. The van der Waals surface area contributed by atoms with Crippen LogP contribution in [-0.2, 0) is 14.3 Å². The molecule has 1 atom stereocenters. The van der Waals surface area contributed by atoms with Crippen molar-refractivity contribution in [1.29, 1.82) is 0 Å². The molecule has 4 nitrogen and oxygen atoms in total. The molecular formula is C32H62O4. The molecule has 0 aliphatic rings. The summed E-state index contributed by atoms with van der Waals surface area (Å²) in [7, 11) is 0. The maximum atomic E-state index is 11.8. The van der Waals surface area contributed by atoms with E-state index in [4.69, 9.17) is 9.47 Å². The maximum absolute atomic E-state index is 11.8. The van der Waals surface area contributed by atoms with E-state index >= 15 is 0 Å². The Bertz CT molecular complexity index is 463. The summed E-state index contributed by atoms with van der Waals surface area (Å²) in [5.41, 5.74) is 0. The van der Waals surface area contributed by atoms with E-state index in [1.807, 2.05) is 0 Å². The Morgan fingerprint density at radius 1 is 0.639 bits per heavy atom. The number of allylic oxidation sites excluding steroid dienone is 2. The van der Waals surface area contributed by atoms with Crippen molar-refractivity contribution >= 4 is 5.97 Å². The van der Waals surface area contributed by atoms with Crippen molar-refractivity contribution < 1.29 is 19.4 Å². The molecule has 0 bridgehead atoms. The molecule has 0 rings (SSSR count). The van der Waals surface area contributed by atoms with Gasteiger partial charge in [-0.2, -0.15) is 0 Å². The van der Waals surface area contributed by atoms with Gasteiger partial charge in [0.05, 0.1) is 13.2 Å². The van der Waals surface area contributed by atoms with Gasteiger partial charge in [0, 0.05) is 13.0 Å². The van der Waals surface area contributed by atoms with Crippen molar-refractivity contribution in [3.63, 3.8) is 0 Å². The van der Waals surface area contributed by atoms with Gasteiger partial charge in [-0.15, -0.1) is 0 Å². The summed E-state index contributed by atoms with van der Waals surface area (Å²) in [6.07, 6.45) is 32.8. The molecule has 36 heavy (non-hydrogen) atoms. The first-order valence-electron chi connectivity index (χ1n) is 15.8. The predicted molar refractivity (Wildman–Crippen MR) is 154 cm³/mol. The summed E-state index contributed by atoms with van der Waals surface area (Å²) in [6, 6.07) is 0. The molecule has 0 spiro atoms. The highest BCUT2D eigenvalue weighted by Crippen LogP contribution is 2.12. The van der Waals surface area contributed by atoms with E-state index in [0.29, 0.717) is 19.6 Å². The van der Waals surface area contributed by atoms with Gasteiger partial charge >= 0.3 is 5.97 Å². The molecule has 4 heteroatoms. The number of esters is 1. The minimum Gasteiger partial charge on any atom is -0.457 e. The van der Waals surface area contributed by atoms with Crippen molar-refractivity contribution in [2.45, 2.75) is 168 Å². The highest BCUT2D eigenvalue weighted by Gasteiger charge is 2.13.